The van der Waals surface area contributed by atoms with Gasteiger partial charge in [0.15, 0.2) is 0 Å². The van der Waals surface area contributed by atoms with Crippen LogP contribution in [-0.2, 0) is 13.0 Å². The van der Waals surface area contributed by atoms with Crippen molar-refractivity contribution in [2.24, 2.45) is 5.92 Å². The molecule has 0 unspecified atom stereocenters. The summed E-state index contributed by atoms with van der Waals surface area (Å²) in [6.07, 6.45) is 3.11. The SMILES string of the molecule is Br.CCc1cc2c(C)cc(=O)oc2c(CN2CCC(C)CC2)c1O. The summed E-state index contributed by atoms with van der Waals surface area (Å²) in [4.78, 5) is 14.1. The number of hydrogen-bond donors (Lipinski definition) is 1. The normalized spacial score (nSPS) is 16.3. The van der Waals surface area contributed by atoms with Crippen molar-refractivity contribution in [2.75, 3.05) is 13.1 Å². The number of fused-ring (bicyclic) bond motifs is 1. The standard InChI is InChI=1S/C19H25NO3.BrH/c1-4-14-10-15-13(3)9-17(21)23-19(15)16(18(14)22)11-20-7-5-12(2)6-8-20;/h9-10,12,22H,4-8,11H2,1-3H3;1H. The van der Waals surface area contributed by atoms with Gasteiger partial charge in [0.25, 0.3) is 0 Å². The van der Waals surface area contributed by atoms with Gasteiger partial charge < -0.3 is 9.52 Å². The summed E-state index contributed by atoms with van der Waals surface area (Å²) in [6.45, 7) is 8.91. The first-order valence-corrected chi connectivity index (χ1v) is 8.50. The van der Waals surface area contributed by atoms with Crippen molar-refractivity contribution < 1.29 is 9.52 Å². The van der Waals surface area contributed by atoms with Crippen LogP contribution in [0.5, 0.6) is 5.75 Å². The lowest BCUT2D eigenvalue weighted by Crippen LogP contribution is -2.32. The second-order valence-corrected chi connectivity index (χ2v) is 6.80. The first-order chi connectivity index (χ1) is 11.0. The Kier molecular flexibility index (Phi) is 6.10. The molecule has 0 atom stereocenters. The Morgan fingerprint density at radius 2 is 1.96 bits per heavy atom. The van der Waals surface area contributed by atoms with Gasteiger partial charge in [-0.25, -0.2) is 4.79 Å². The predicted molar refractivity (Wildman–Crippen MR) is 102 cm³/mol. The third-order valence-electron chi connectivity index (χ3n) is 5.03. The second-order valence-electron chi connectivity index (χ2n) is 6.80. The first-order valence-electron chi connectivity index (χ1n) is 8.50. The Morgan fingerprint density at radius 3 is 2.58 bits per heavy atom. The van der Waals surface area contributed by atoms with E-state index in [1.54, 1.807) is 0 Å². The lowest BCUT2D eigenvalue weighted by Gasteiger charge is -2.30. The molecular formula is C19H26BrNO3. The summed E-state index contributed by atoms with van der Waals surface area (Å²) in [6, 6.07) is 3.47. The molecule has 5 heteroatoms. The molecule has 132 valence electrons. The van der Waals surface area contributed by atoms with Crippen LogP contribution in [0.1, 0.15) is 43.4 Å². The third-order valence-corrected chi connectivity index (χ3v) is 5.03. The zero-order chi connectivity index (χ0) is 16.6. The average Bonchev–Trinajstić information content (AvgIpc) is 2.52. The van der Waals surface area contributed by atoms with Crippen LogP contribution < -0.4 is 5.63 Å². The van der Waals surface area contributed by atoms with Crippen LogP contribution in [0.25, 0.3) is 11.0 Å². The second kappa shape index (κ2) is 7.70. The van der Waals surface area contributed by atoms with Crippen LogP contribution in [0, 0.1) is 12.8 Å². The van der Waals surface area contributed by atoms with E-state index >= 15 is 0 Å². The predicted octanol–water partition coefficient (Wildman–Crippen LogP) is 4.18. The van der Waals surface area contributed by atoms with Gasteiger partial charge in [-0.3, -0.25) is 4.90 Å². The Balaban J connectivity index is 0.00000208. The zero-order valence-electron chi connectivity index (χ0n) is 14.6. The molecule has 1 aromatic carbocycles. The molecular weight excluding hydrogens is 370 g/mol. The monoisotopic (exact) mass is 395 g/mol. The number of phenolic OH excluding ortho intramolecular Hbond substituents is 1. The molecule has 1 aliphatic rings. The number of aromatic hydroxyl groups is 1. The fraction of sp³-hybridized carbons (Fsp3) is 0.526. The molecule has 0 spiro atoms. The average molecular weight is 396 g/mol. The van der Waals surface area contributed by atoms with E-state index in [-0.39, 0.29) is 28.4 Å². The van der Waals surface area contributed by atoms with E-state index in [9.17, 15) is 9.90 Å². The van der Waals surface area contributed by atoms with Crippen molar-refractivity contribution in [1.82, 2.24) is 4.90 Å². The fourth-order valence-electron chi connectivity index (χ4n) is 3.43. The first kappa shape index (κ1) is 19.0. The van der Waals surface area contributed by atoms with Crippen LogP contribution in [0.3, 0.4) is 0 Å². The quantitative estimate of drug-likeness (QED) is 0.791. The molecule has 4 nitrogen and oxygen atoms in total. The van der Waals surface area contributed by atoms with E-state index in [4.69, 9.17) is 4.42 Å². The highest BCUT2D eigenvalue weighted by molar-refractivity contribution is 8.93. The number of halogens is 1. The Morgan fingerprint density at radius 1 is 1.29 bits per heavy atom. The lowest BCUT2D eigenvalue weighted by atomic mass is 9.96. The highest BCUT2D eigenvalue weighted by Gasteiger charge is 2.21. The van der Waals surface area contributed by atoms with Gasteiger partial charge in [0, 0.05) is 18.0 Å². The van der Waals surface area contributed by atoms with Crippen molar-refractivity contribution in [1.29, 1.82) is 0 Å². The number of rotatable bonds is 3. The summed E-state index contributed by atoms with van der Waals surface area (Å²) >= 11 is 0. The van der Waals surface area contributed by atoms with Gasteiger partial charge >= 0.3 is 5.63 Å². The Hall–Kier alpha value is -1.33. The van der Waals surface area contributed by atoms with E-state index in [2.05, 4.69) is 11.8 Å². The highest BCUT2D eigenvalue weighted by Crippen LogP contribution is 2.34. The van der Waals surface area contributed by atoms with E-state index in [1.807, 2.05) is 19.9 Å². The van der Waals surface area contributed by atoms with Crippen molar-refractivity contribution in [3.05, 3.63) is 39.2 Å². The molecule has 3 rings (SSSR count). The van der Waals surface area contributed by atoms with E-state index in [0.29, 0.717) is 12.1 Å². The number of aryl methyl sites for hydroxylation is 2. The van der Waals surface area contributed by atoms with Gasteiger partial charge in [0.1, 0.15) is 11.3 Å². The van der Waals surface area contributed by atoms with Crippen molar-refractivity contribution in [3.8, 4) is 5.75 Å². The van der Waals surface area contributed by atoms with Gasteiger partial charge in [-0.2, -0.15) is 0 Å². The molecule has 1 aliphatic heterocycles. The molecule has 1 saturated heterocycles. The summed E-state index contributed by atoms with van der Waals surface area (Å²) in [5, 5.41) is 11.6. The Bertz CT molecular complexity index is 776. The molecule has 0 bridgehead atoms. The van der Waals surface area contributed by atoms with Crippen LogP contribution in [0.2, 0.25) is 0 Å². The largest absolute Gasteiger partial charge is 0.507 e. The summed E-state index contributed by atoms with van der Waals surface area (Å²) < 4.78 is 5.47. The molecule has 1 N–H and O–H groups in total. The van der Waals surface area contributed by atoms with E-state index in [0.717, 1.165) is 47.5 Å². The van der Waals surface area contributed by atoms with E-state index < -0.39 is 0 Å². The minimum absolute atomic E-state index is 0. The number of phenols is 1. The molecule has 0 aliphatic carbocycles. The molecule has 0 saturated carbocycles. The minimum atomic E-state index is -0.354. The number of likely N-dealkylation sites (tertiary alicyclic amines) is 1. The summed E-state index contributed by atoms with van der Waals surface area (Å²) in [7, 11) is 0. The Labute approximate surface area is 153 Å². The maximum absolute atomic E-state index is 11.8. The minimum Gasteiger partial charge on any atom is -0.507 e. The van der Waals surface area contributed by atoms with Crippen molar-refractivity contribution >= 4 is 28.0 Å². The number of nitrogens with zero attached hydrogens (tertiary/aromatic N) is 1. The van der Waals surface area contributed by atoms with Crippen LogP contribution in [0.4, 0.5) is 0 Å². The molecule has 2 heterocycles. The van der Waals surface area contributed by atoms with Crippen molar-refractivity contribution in [2.45, 2.75) is 46.6 Å². The van der Waals surface area contributed by atoms with Gasteiger partial charge in [0.05, 0.1) is 5.56 Å². The fourth-order valence-corrected chi connectivity index (χ4v) is 3.43. The van der Waals surface area contributed by atoms with Crippen molar-refractivity contribution in [3.63, 3.8) is 0 Å². The number of hydrogen-bond acceptors (Lipinski definition) is 4. The smallest absolute Gasteiger partial charge is 0.336 e. The summed E-state index contributed by atoms with van der Waals surface area (Å²) in [5.41, 5.74) is 2.76. The van der Waals surface area contributed by atoms with Crippen LogP contribution in [-0.4, -0.2) is 23.1 Å². The number of piperidine rings is 1. The maximum Gasteiger partial charge on any atom is 0.336 e. The third kappa shape index (κ3) is 3.67. The van der Waals surface area contributed by atoms with E-state index in [1.165, 1.54) is 18.9 Å². The van der Waals surface area contributed by atoms with Gasteiger partial charge in [-0.1, -0.05) is 13.8 Å². The van der Waals surface area contributed by atoms with Crippen LogP contribution >= 0.6 is 17.0 Å². The van der Waals surface area contributed by atoms with Gasteiger partial charge in [-0.05, 0) is 62.4 Å². The zero-order valence-corrected chi connectivity index (χ0v) is 16.3. The maximum atomic E-state index is 11.8. The molecule has 1 aromatic heterocycles. The molecule has 24 heavy (non-hydrogen) atoms. The molecule has 2 aromatic rings. The summed E-state index contributed by atoms with van der Waals surface area (Å²) in [5.74, 6) is 1.05. The molecule has 0 radical (unpaired) electrons. The number of benzene rings is 1. The topological polar surface area (TPSA) is 53.7 Å². The highest BCUT2D eigenvalue weighted by atomic mass is 79.9. The van der Waals surface area contributed by atoms with Crippen LogP contribution in [0.15, 0.2) is 21.3 Å². The van der Waals surface area contributed by atoms with Gasteiger partial charge in [0.2, 0.25) is 0 Å². The van der Waals surface area contributed by atoms with Gasteiger partial charge in [-0.15, -0.1) is 17.0 Å². The molecule has 0 amide bonds. The molecule has 1 fully saturated rings. The lowest BCUT2D eigenvalue weighted by molar-refractivity contribution is 0.183.